The lowest BCUT2D eigenvalue weighted by molar-refractivity contribution is -0.153. The summed E-state index contributed by atoms with van der Waals surface area (Å²) in [6.07, 6.45) is -0.351. The Balaban J connectivity index is 1.34. The summed E-state index contributed by atoms with van der Waals surface area (Å²) in [4.78, 5) is 16.8. The maximum Gasteiger partial charge on any atom is 0.422 e. The van der Waals surface area contributed by atoms with Crippen LogP contribution in [-0.2, 0) is 11.8 Å². The van der Waals surface area contributed by atoms with Gasteiger partial charge in [-0.25, -0.2) is 0 Å². The van der Waals surface area contributed by atoms with Gasteiger partial charge in [0.1, 0.15) is 5.75 Å². The van der Waals surface area contributed by atoms with Crippen molar-refractivity contribution in [3.63, 3.8) is 0 Å². The number of aryl methyl sites for hydroxylation is 1. The number of pyridine rings is 1. The van der Waals surface area contributed by atoms with Crippen LogP contribution >= 0.6 is 0 Å². The molecule has 0 bridgehead atoms. The molecule has 1 amide bonds. The van der Waals surface area contributed by atoms with E-state index >= 15 is 0 Å². The van der Waals surface area contributed by atoms with E-state index in [2.05, 4.69) is 43.9 Å². The van der Waals surface area contributed by atoms with Crippen molar-refractivity contribution in [2.24, 2.45) is 13.0 Å². The first-order valence-corrected chi connectivity index (χ1v) is 9.72. The van der Waals surface area contributed by atoms with E-state index < -0.39 is 12.8 Å². The topological polar surface area (TPSA) is 56.2 Å². The summed E-state index contributed by atoms with van der Waals surface area (Å²) < 4.78 is 43.4. The maximum absolute atomic E-state index is 12.6. The highest BCUT2D eigenvalue weighted by atomic mass is 19.4. The number of nitrogens with zero attached hydrogens (tertiary/aromatic N) is 2. The highest BCUT2D eigenvalue weighted by Crippen LogP contribution is 2.48. The highest BCUT2D eigenvalue weighted by molar-refractivity contribution is 5.85. The number of fused-ring (bicyclic) bond motifs is 1. The fraction of sp³-hybridized carbons (Fsp3) is 0.364. The molecule has 4 rings (SSSR count). The number of benzene rings is 1. The summed E-state index contributed by atoms with van der Waals surface area (Å²) in [5.41, 5.74) is 2.86. The molecule has 5 nitrogen and oxygen atoms in total. The largest absolute Gasteiger partial charge is 0.483 e. The van der Waals surface area contributed by atoms with Gasteiger partial charge in [0.2, 0.25) is 5.91 Å². The molecule has 1 aromatic carbocycles. The van der Waals surface area contributed by atoms with Crippen molar-refractivity contribution < 1.29 is 22.7 Å². The van der Waals surface area contributed by atoms with Gasteiger partial charge in [-0.05, 0) is 54.5 Å². The molecule has 0 spiro atoms. The van der Waals surface area contributed by atoms with Gasteiger partial charge in [-0.2, -0.15) is 13.2 Å². The number of nitrogens with one attached hydrogen (secondary N) is 1. The SMILES string of the molecule is C[C@@H](NC(=O)[C@@H]1C[C@H]1c1ccc2ccn(C)c2c1)c1ccc(OCC(F)(F)F)cn1. The fourth-order valence-corrected chi connectivity index (χ4v) is 3.66. The molecule has 1 saturated carbocycles. The average Bonchev–Trinajstić information content (AvgIpc) is 3.43. The van der Waals surface area contributed by atoms with Crippen molar-refractivity contribution in [1.29, 1.82) is 0 Å². The van der Waals surface area contributed by atoms with Gasteiger partial charge in [-0.15, -0.1) is 0 Å². The van der Waals surface area contributed by atoms with E-state index in [9.17, 15) is 18.0 Å². The first-order valence-electron chi connectivity index (χ1n) is 9.72. The number of halogens is 3. The van der Waals surface area contributed by atoms with Crippen molar-refractivity contribution in [2.75, 3.05) is 6.61 Å². The minimum absolute atomic E-state index is 0.0351. The minimum atomic E-state index is -4.40. The molecular weight excluding hydrogens is 395 g/mol. The van der Waals surface area contributed by atoms with Crippen molar-refractivity contribution >= 4 is 16.8 Å². The molecule has 1 aliphatic carbocycles. The minimum Gasteiger partial charge on any atom is -0.483 e. The Bertz CT molecular complexity index is 1060. The molecule has 2 heterocycles. The van der Waals surface area contributed by atoms with Crippen molar-refractivity contribution in [2.45, 2.75) is 31.5 Å². The van der Waals surface area contributed by atoms with Crippen LogP contribution in [0.2, 0.25) is 0 Å². The van der Waals surface area contributed by atoms with Gasteiger partial charge < -0.3 is 14.6 Å². The molecule has 1 fully saturated rings. The first kappa shape index (κ1) is 20.3. The third kappa shape index (κ3) is 4.42. The van der Waals surface area contributed by atoms with Gasteiger partial charge >= 0.3 is 6.18 Å². The Hall–Kier alpha value is -3.03. The summed E-state index contributed by atoms with van der Waals surface area (Å²) >= 11 is 0. The molecule has 0 saturated heterocycles. The second kappa shape index (κ2) is 7.66. The fourth-order valence-electron chi connectivity index (χ4n) is 3.66. The zero-order valence-corrected chi connectivity index (χ0v) is 16.6. The second-order valence-corrected chi connectivity index (χ2v) is 7.75. The van der Waals surface area contributed by atoms with Crippen LogP contribution in [0.5, 0.6) is 5.75 Å². The Labute approximate surface area is 171 Å². The molecule has 3 aromatic rings. The van der Waals surface area contributed by atoms with Crippen LogP contribution < -0.4 is 10.1 Å². The predicted octanol–water partition coefficient (Wildman–Crippen LogP) is 4.50. The van der Waals surface area contributed by atoms with Crippen LogP contribution in [0, 0.1) is 5.92 Å². The standard InChI is InChI=1S/C22H22F3N3O2/c1-13(19-6-5-16(11-26-19)30-12-22(23,24)25)27-21(29)18-10-17(18)15-4-3-14-7-8-28(2)20(14)9-15/h3-9,11,13,17-18H,10,12H2,1-2H3,(H,27,29)/t13-,17+,18-/m1/s1. The number of amides is 1. The zero-order chi connectivity index (χ0) is 21.5. The Morgan fingerprint density at radius 1 is 1.30 bits per heavy atom. The second-order valence-electron chi connectivity index (χ2n) is 7.75. The van der Waals surface area contributed by atoms with E-state index in [0.29, 0.717) is 5.69 Å². The van der Waals surface area contributed by atoms with Crippen molar-refractivity contribution in [1.82, 2.24) is 14.9 Å². The third-order valence-electron chi connectivity index (χ3n) is 5.43. The number of hydrogen-bond acceptors (Lipinski definition) is 3. The molecule has 1 aliphatic rings. The molecule has 3 atom stereocenters. The highest BCUT2D eigenvalue weighted by Gasteiger charge is 2.44. The number of carbonyl (C=O) groups excluding carboxylic acids is 1. The maximum atomic E-state index is 12.6. The lowest BCUT2D eigenvalue weighted by atomic mass is 10.1. The molecule has 158 valence electrons. The van der Waals surface area contributed by atoms with E-state index in [1.165, 1.54) is 17.6 Å². The van der Waals surface area contributed by atoms with Gasteiger partial charge in [0, 0.05) is 24.7 Å². The Kier molecular flexibility index (Phi) is 5.17. The molecule has 0 unspecified atom stereocenters. The number of ether oxygens (including phenoxy) is 1. The van der Waals surface area contributed by atoms with E-state index in [-0.39, 0.29) is 29.5 Å². The summed E-state index contributed by atoms with van der Waals surface area (Å²) in [5, 5.41) is 4.12. The summed E-state index contributed by atoms with van der Waals surface area (Å²) in [7, 11) is 2.00. The quantitative estimate of drug-likeness (QED) is 0.643. The Morgan fingerprint density at radius 2 is 2.10 bits per heavy atom. The third-order valence-corrected chi connectivity index (χ3v) is 5.43. The van der Waals surface area contributed by atoms with Gasteiger partial charge in [-0.1, -0.05) is 12.1 Å². The average molecular weight is 417 g/mol. The number of hydrogen-bond donors (Lipinski definition) is 1. The normalized spacial score (nSPS) is 19.5. The summed E-state index contributed by atoms with van der Waals surface area (Å²) in [5.74, 6) is 0.105. The smallest absolute Gasteiger partial charge is 0.422 e. The van der Waals surface area contributed by atoms with Gasteiger partial charge in [0.25, 0.3) is 0 Å². The van der Waals surface area contributed by atoms with Crippen LogP contribution in [0.4, 0.5) is 13.2 Å². The molecule has 1 N–H and O–H groups in total. The van der Waals surface area contributed by atoms with E-state index in [0.717, 1.165) is 17.5 Å². The van der Waals surface area contributed by atoms with Crippen LogP contribution in [0.3, 0.4) is 0 Å². The first-order chi connectivity index (χ1) is 14.2. The predicted molar refractivity (Wildman–Crippen MR) is 106 cm³/mol. The molecule has 0 radical (unpaired) electrons. The molecular formula is C22H22F3N3O2. The zero-order valence-electron chi connectivity index (χ0n) is 16.6. The van der Waals surface area contributed by atoms with Crippen LogP contribution in [0.25, 0.3) is 10.9 Å². The van der Waals surface area contributed by atoms with Gasteiger partial charge in [0.15, 0.2) is 6.61 Å². The van der Waals surface area contributed by atoms with Gasteiger partial charge in [0.05, 0.1) is 17.9 Å². The van der Waals surface area contributed by atoms with Crippen molar-refractivity contribution in [3.8, 4) is 5.75 Å². The number of carbonyl (C=O) groups is 1. The van der Waals surface area contributed by atoms with Crippen LogP contribution in [0.1, 0.15) is 36.6 Å². The van der Waals surface area contributed by atoms with Crippen molar-refractivity contribution in [3.05, 3.63) is 60.0 Å². The van der Waals surface area contributed by atoms with Crippen LogP contribution in [0.15, 0.2) is 48.8 Å². The molecule has 30 heavy (non-hydrogen) atoms. The molecule has 2 aromatic heterocycles. The van der Waals surface area contributed by atoms with Gasteiger partial charge in [-0.3, -0.25) is 9.78 Å². The molecule has 0 aliphatic heterocycles. The number of aromatic nitrogens is 2. The van der Waals surface area contributed by atoms with E-state index in [1.54, 1.807) is 13.0 Å². The van der Waals surface area contributed by atoms with E-state index in [1.807, 2.05) is 13.2 Å². The number of rotatable bonds is 6. The Morgan fingerprint density at radius 3 is 2.80 bits per heavy atom. The summed E-state index contributed by atoms with van der Waals surface area (Å²) in [6.45, 7) is 0.432. The van der Waals surface area contributed by atoms with Crippen LogP contribution in [-0.4, -0.2) is 28.2 Å². The molecule has 8 heteroatoms. The van der Waals surface area contributed by atoms with E-state index in [4.69, 9.17) is 0 Å². The monoisotopic (exact) mass is 417 g/mol. The summed E-state index contributed by atoms with van der Waals surface area (Å²) in [6, 6.07) is 11.0. The lowest BCUT2D eigenvalue weighted by Crippen LogP contribution is -2.29. The lowest BCUT2D eigenvalue weighted by Gasteiger charge is -2.14. The number of alkyl halides is 3.